The molecule has 1 N–H and O–H groups in total. The minimum absolute atomic E-state index is 0.116. The van der Waals surface area contributed by atoms with Crippen molar-refractivity contribution in [3.63, 3.8) is 0 Å². The van der Waals surface area contributed by atoms with Gasteiger partial charge in [-0.05, 0) is 31.1 Å². The van der Waals surface area contributed by atoms with Crippen LogP contribution < -0.4 is 5.32 Å². The number of amides is 1. The van der Waals surface area contributed by atoms with Crippen LogP contribution in [-0.4, -0.2) is 12.5 Å². The van der Waals surface area contributed by atoms with Gasteiger partial charge in [-0.25, -0.2) is 0 Å². The molecule has 1 amide bonds. The lowest BCUT2D eigenvalue weighted by Crippen LogP contribution is -2.41. The van der Waals surface area contributed by atoms with Gasteiger partial charge in [0.05, 0.1) is 5.41 Å². The van der Waals surface area contributed by atoms with E-state index in [1.807, 2.05) is 0 Å². The van der Waals surface area contributed by atoms with Gasteiger partial charge < -0.3 is 5.32 Å². The number of fused-ring (bicyclic) bond motifs is 2. The van der Waals surface area contributed by atoms with Crippen molar-refractivity contribution >= 4 is 5.91 Å². The van der Waals surface area contributed by atoms with Crippen LogP contribution in [0.5, 0.6) is 0 Å². The molecule has 0 heterocycles. The van der Waals surface area contributed by atoms with Gasteiger partial charge in [0.1, 0.15) is 0 Å². The van der Waals surface area contributed by atoms with Gasteiger partial charge in [-0.1, -0.05) is 26.0 Å². The minimum Gasteiger partial charge on any atom is -0.356 e. The van der Waals surface area contributed by atoms with Crippen LogP contribution in [0.15, 0.2) is 12.2 Å². The average Bonchev–Trinajstić information content (AvgIpc) is 2.73. The Bertz CT molecular complexity index is 271. The number of rotatable bonds is 3. The van der Waals surface area contributed by atoms with E-state index in [9.17, 15) is 4.79 Å². The Balaban J connectivity index is 2.03. The predicted octanol–water partition coefficient (Wildman–Crippen LogP) is 2.11. The van der Waals surface area contributed by atoms with E-state index in [0.717, 1.165) is 19.4 Å². The molecule has 2 heteroatoms. The van der Waals surface area contributed by atoms with Crippen LogP contribution in [0.2, 0.25) is 0 Å². The molecule has 1 saturated carbocycles. The van der Waals surface area contributed by atoms with E-state index >= 15 is 0 Å². The second-order valence-electron chi connectivity index (χ2n) is 4.86. The largest absolute Gasteiger partial charge is 0.356 e. The molecule has 0 aliphatic heterocycles. The van der Waals surface area contributed by atoms with Crippen molar-refractivity contribution in [2.24, 2.45) is 17.3 Å². The van der Waals surface area contributed by atoms with Crippen molar-refractivity contribution in [2.45, 2.75) is 33.1 Å². The Kier molecular flexibility index (Phi) is 2.38. The maximum atomic E-state index is 12.0. The van der Waals surface area contributed by atoms with Crippen LogP contribution in [0.3, 0.4) is 0 Å². The summed E-state index contributed by atoms with van der Waals surface area (Å²) >= 11 is 0. The lowest BCUT2D eigenvalue weighted by atomic mass is 9.77. The van der Waals surface area contributed by atoms with Crippen LogP contribution >= 0.6 is 0 Å². The van der Waals surface area contributed by atoms with Crippen molar-refractivity contribution in [3.05, 3.63) is 12.2 Å². The minimum atomic E-state index is -0.116. The molecule has 1 fully saturated rings. The van der Waals surface area contributed by atoms with E-state index in [4.69, 9.17) is 0 Å². The molecule has 3 unspecified atom stereocenters. The van der Waals surface area contributed by atoms with Gasteiger partial charge in [0, 0.05) is 6.54 Å². The van der Waals surface area contributed by atoms with E-state index in [2.05, 4.69) is 31.3 Å². The molecule has 0 radical (unpaired) electrons. The molecule has 2 nitrogen and oxygen atoms in total. The molecular weight excluding hydrogens is 174 g/mol. The van der Waals surface area contributed by atoms with Gasteiger partial charge in [-0.3, -0.25) is 4.79 Å². The maximum absolute atomic E-state index is 12.0. The first-order valence-electron chi connectivity index (χ1n) is 5.63. The standard InChI is InChI=1S/C12H19NO/c1-3-6-13-11(14)12(2)8-9-4-5-10(12)7-9/h4-5,9-10H,3,6-8H2,1-2H3,(H,13,14). The van der Waals surface area contributed by atoms with Crippen molar-refractivity contribution in [1.82, 2.24) is 5.32 Å². The second-order valence-corrected chi connectivity index (χ2v) is 4.86. The highest BCUT2D eigenvalue weighted by Gasteiger charge is 2.49. The van der Waals surface area contributed by atoms with Crippen molar-refractivity contribution in [3.8, 4) is 0 Å². The van der Waals surface area contributed by atoms with Gasteiger partial charge in [0.25, 0.3) is 0 Å². The summed E-state index contributed by atoms with van der Waals surface area (Å²) in [6.45, 7) is 5.02. The summed E-state index contributed by atoms with van der Waals surface area (Å²) < 4.78 is 0. The zero-order valence-electron chi connectivity index (χ0n) is 9.05. The highest BCUT2D eigenvalue weighted by atomic mass is 16.2. The Labute approximate surface area is 85.8 Å². The summed E-state index contributed by atoms with van der Waals surface area (Å²) in [5, 5.41) is 3.03. The Morgan fingerprint density at radius 2 is 2.36 bits per heavy atom. The third kappa shape index (κ3) is 1.37. The molecule has 0 aromatic heterocycles. The van der Waals surface area contributed by atoms with Gasteiger partial charge in [-0.15, -0.1) is 0 Å². The number of hydrogen-bond acceptors (Lipinski definition) is 1. The van der Waals surface area contributed by atoms with E-state index in [1.54, 1.807) is 0 Å². The summed E-state index contributed by atoms with van der Waals surface area (Å²) in [5.74, 6) is 1.41. The monoisotopic (exact) mass is 193 g/mol. The molecule has 2 bridgehead atoms. The lowest BCUT2D eigenvalue weighted by molar-refractivity contribution is -0.131. The Hall–Kier alpha value is -0.790. The Morgan fingerprint density at radius 3 is 2.86 bits per heavy atom. The molecule has 2 rings (SSSR count). The Morgan fingerprint density at radius 1 is 1.57 bits per heavy atom. The normalized spacial score (nSPS) is 39.0. The highest BCUT2D eigenvalue weighted by Crippen LogP contribution is 2.51. The van der Waals surface area contributed by atoms with Gasteiger partial charge in [-0.2, -0.15) is 0 Å². The summed E-state index contributed by atoms with van der Waals surface area (Å²) in [5.41, 5.74) is -0.116. The highest BCUT2D eigenvalue weighted by molar-refractivity contribution is 5.83. The molecule has 2 aliphatic carbocycles. The molecule has 2 aliphatic rings. The van der Waals surface area contributed by atoms with Crippen molar-refractivity contribution in [1.29, 1.82) is 0 Å². The number of carbonyl (C=O) groups is 1. The number of hydrogen-bond donors (Lipinski definition) is 1. The van der Waals surface area contributed by atoms with Crippen molar-refractivity contribution in [2.75, 3.05) is 6.54 Å². The number of carbonyl (C=O) groups excluding carboxylic acids is 1. The first-order chi connectivity index (χ1) is 6.66. The molecular formula is C12H19NO. The summed E-state index contributed by atoms with van der Waals surface area (Å²) in [6, 6.07) is 0. The second kappa shape index (κ2) is 3.41. The van der Waals surface area contributed by atoms with Crippen LogP contribution in [0.1, 0.15) is 33.1 Å². The third-order valence-electron chi connectivity index (χ3n) is 3.73. The average molecular weight is 193 g/mol. The van der Waals surface area contributed by atoms with E-state index in [-0.39, 0.29) is 11.3 Å². The SMILES string of the molecule is CCCNC(=O)C1(C)CC2C=CC1C2. The zero-order chi connectivity index (χ0) is 10.2. The fourth-order valence-electron chi connectivity index (χ4n) is 2.80. The van der Waals surface area contributed by atoms with Crippen LogP contribution in [0.4, 0.5) is 0 Å². The predicted molar refractivity (Wildman–Crippen MR) is 56.8 cm³/mol. The third-order valence-corrected chi connectivity index (χ3v) is 3.73. The molecule has 78 valence electrons. The van der Waals surface area contributed by atoms with Gasteiger partial charge in [0.15, 0.2) is 0 Å². The molecule has 0 aromatic carbocycles. The van der Waals surface area contributed by atoms with E-state index in [1.165, 1.54) is 6.42 Å². The zero-order valence-corrected chi connectivity index (χ0v) is 9.05. The van der Waals surface area contributed by atoms with Gasteiger partial charge >= 0.3 is 0 Å². The molecule has 3 atom stereocenters. The molecule has 14 heavy (non-hydrogen) atoms. The summed E-state index contributed by atoms with van der Waals surface area (Å²) in [7, 11) is 0. The van der Waals surface area contributed by atoms with E-state index < -0.39 is 0 Å². The van der Waals surface area contributed by atoms with Crippen LogP contribution in [0.25, 0.3) is 0 Å². The fourth-order valence-corrected chi connectivity index (χ4v) is 2.80. The maximum Gasteiger partial charge on any atom is 0.226 e. The van der Waals surface area contributed by atoms with Gasteiger partial charge in [0.2, 0.25) is 5.91 Å². The summed E-state index contributed by atoms with van der Waals surface area (Å²) in [6.07, 6.45) is 7.77. The topological polar surface area (TPSA) is 29.1 Å². The first-order valence-corrected chi connectivity index (χ1v) is 5.63. The lowest BCUT2D eigenvalue weighted by Gasteiger charge is -2.29. The van der Waals surface area contributed by atoms with Crippen molar-refractivity contribution < 1.29 is 4.79 Å². The fraction of sp³-hybridized carbons (Fsp3) is 0.750. The quantitative estimate of drug-likeness (QED) is 0.683. The van der Waals surface area contributed by atoms with Crippen LogP contribution in [-0.2, 0) is 4.79 Å². The molecule has 0 spiro atoms. The van der Waals surface area contributed by atoms with Crippen LogP contribution in [0, 0.1) is 17.3 Å². The smallest absolute Gasteiger partial charge is 0.226 e. The molecule has 0 aromatic rings. The summed E-state index contributed by atoms with van der Waals surface area (Å²) in [4.78, 5) is 12.0. The number of allylic oxidation sites excluding steroid dienone is 2. The van der Waals surface area contributed by atoms with E-state index in [0.29, 0.717) is 11.8 Å². The number of nitrogens with one attached hydrogen (secondary N) is 1. The first kappa shape index (κ1) is 9.75. The molecule has 0 saturated heterocycles.